The lowest BCUT2D eigenvalue weighted by atomic mass is 9.95. The number of fused-ring (bicyclic) bond motifs is 1. The van der Waals surface area contributed by atoms with Crippen LogP contribution < -0.4 is 9.47 Å². The summed E-state index contributed by atoms with van der Waals surface area (Å²) in [5, 5.41) is 61.1. The minimum absolute atomic E-state index is 0.00349. The molecule has 42 heavy (non-hydrogen) atoms. The molecule has 3 aromatic carbocycles. The molecule has 2 heterocycles. The van der Waals surface area contributed by atoms with Crippen LogP contribution in [0.15, 0.2) is 66.7 Å². The summed E-state index contributed by atoms with van der Waals surface area (Å²) in [6.45, 7) is -0.508. The van der Waals surface area contributed by atoms with E-state index in [1.165, 1.54) is 42.5 Å². The highest BCUT2D eigenvalue weighted by Gasteiger charge is 2.46. The maximum atomic E-state index is 12.8. The van der Waals surface area contributed by atoms with Crippen molar-refractivity contribution in [3.05, 3.63) is 83.4 Å². The Morgan fingerprint density at radius 3 is 2.24 bits per heavy atom. The molecule has 220 valence electrons. The number of aliphatic hydroxyl groups excluding tert-OH is 3. The number of benzene rings is 3. The quantitative estimate of drug-likeness (QED) is 0.176. The molecule has 12 nitrogen and oxygen atoms in total. The van der Waals surface area contributed by atoms with Crippen LogP contribution in [0.2, 0.25) is 0 Å². The molecule has 0 unspecified atom stereocenters. The molecular weight excluding hydrogens is 552 g/mol. The summed E-state index contributed by atoms with van der Waals surface area (Å²) >= 11 is 0. The maximum Gasteiger partial charge on any atom is 0.330 e. The highest BCUT2D eigenvalue weighted by Crippen LogP contribution is 2.46. The van der Waals surface area contributed by atoms with E-state index in [1.54, 1.807) is 24.3 Å². The molecule has 0 spiro atoms. The van der Waals surface area contributed by atoms with Gasteiger partial charge in [-0.05, 0) is 53.6 Å². The third-order valence-electron chi connectivity index (χ3n) is 6.90. The van der Waals surface area contributed by atoms with E-state index >= 15 is 0 Å². The molecule has 3 aromatic rings. The van der Waals surface area contributed by atoms with Crippen molar-refractivity contribution >= 4 is 17.8 Å². The Bertz CT molecular complexity index is 1470. The van der Waals surface area contributed by atoms with Crippen LogP contribution in [0.4, 0.5) is 0 Å². The summed E-state index contributed by atoms with van der Waals surface area (Å²) in [4.78, 5) is 24.9. The first-order valence-electron chi connectivity index (χ1n) is 13.0. The molecule has 0 amide bonds. The molecule has 0 radical (unpaired) electrons. The van der Waals surface area contributed by atoms with Crippen LogP contribution in [0.25, 0.3) is 6.08 Å². The first kappa shape index (κ1) is 28.9. The van der Waals surface area contributed by atoms with Crippen LogP contribution in [0.3, 0.4) is 0 Å². The van der Waals surface area contributed by atoms with Gasteiger partial charge >= 0.3 is 5.97 Å². The maximum absolute atomic E-state index is 12.8. The van der Waals surface area contributed by atoms with Crippen molar-refractivity contribution in [2.75, 3.05) is 6.61 Å². The third-order valence-corrected chi connectivity index (χ3v) is 6.90. The Morgan fingerprint density at radius 1 is 0.881 bits per heavy atom. The Morgan fingerprint density at radius 2 is 1.55 bits per heavy atom. The first-order valence-corrected chi connectivity index (χ1v) is 13.0. The molecule has 1 saturated heterocycles. The van der Waals surface area contributed by atoms with Crippen molar-refractivity contribution < 1.29 is 59.2 Å². The Balaban J connectivity index is 1.27. The Hall–Kier alpha value is -4.62. The second kappa shape index (κ2) is 12.1. The van der Waals surface area contributed by atoms with Gasteiger partial charge in [0, 0.05) is 6.08 Å². The number of rotatable bonds is 7. The van der Waals surface area contributed by atoms with E-state index in [4.69, 9.17) is 18.9 Å². The third kappa shape index (κ3) is 6.16. The SMILES string of the molecule is O=C(C=Cc1ccc(O)cc1)OC[C@H]1O[C@@H](Oc2ccc3c(c2O)O[C@H](c2ccc(O)cc2)CC3=O)[C@@H](O)[C@@H](O)[C@@H]1O. The molecule has 0 bridgehead atoms. The summed E-state index contributed by atoms with van der Waals surface area (Å²) < 4.78 is 22.2. The van der Waals surface area contributed by atoms with Crippen molar-refractivity contribution in [3.63, 3.8) is 0 Å². The van der Waals surface area contributed by atoms with Gasteiger partial charge in [0.15, 0.2) is 17.3 Å². The van der Waals surface area contributed by atoms with Gasteiger partial charge in [-0.3, -0.25) is 4.79 Å². The zero-order valence-electron chi connectivity index (χ0n) is 21.9. The van der Waals surface area contributed by atoms with Crippen LogP contribution >= 0.6 is 0 Å². The van der Waals surface area contributed by atoms with E-state index in [1.807, 2.05) is 0 Å². The summed E-state index contributed by atoms with van der Waals surface area (Å²) in [6.07, 6.45) is -6.26. The van der Waals surface area contributed by atoms with Crippen LogP contribution in [0, 0.1) is 0 Å². The van der Waals surface area contributed by atoms with Crippen LogP contribution in [-0.4, -0.2) is 79.7 Å². The number of phenols is 3. The van der Waals surface area contributed by atoms with Gasteiger partial charge in [0.05, 0.1) is 12.0 Å². The number of carbonyl (C=O) groups is 2. The number of esters is 1. The van der Waals surface area contributed by atoms with Crippen molar-refractivity contribution in [2.45, 2.75) is 43.2 Å². The second-order valence-corrected chi connectivity index (χ2v) is 9.80. The minimum Gasteiger partial charge on any atom is -0.508 e. The Labute approximate surface area is 239 Å². The molecule has 0 aliphatic carbocycles. The van der Waals surface area contributed by atoms with E-state index in [9.17, 15) is 40.2 Å². The number of Topliss-reactive ketones (excluding diaryl/α,β-unsaturated/α-hetero) is 1. The van der Waals surface area contributed by atoms with Crippen molar-refractivity contribution in [3.8, 4) is 28.7 Å². The fourth-order valence-electron chi connectivity index (χ4n) is 4.56. The number of ketones is 1. The van der Waals surface area contributed by atoms with Gasteiger partial charge in [0.1, 0.15) is 48.6 Å². The second-order valence-electron chi connectivity index (χ2n) is 9.80. The molecule has 12 heteroatoms. The highest BCUT2D eigenvalue weighted by atomic mass is 16.7. The summed E-state index contributed by atoms with van der Waals surface area (Å²) in [5.41, 5.74) is 1.33. The molecule has 2 aliphatic heterocycles. The van der Waals surface area contributed by atoms with Crippen molar-refractivity contribution in [2.24, 2.45) is 0 Å². The number of aliphatic hydroxyl groups is 3. The van der Waals surface area contributed by atoms with E-state index in [0.29, 0.717) is 11.1 Å². The number of carbonyl (C=O) groups excluding carboxylic acids is 2. The average Bonchev–Trinajstić information content (AvgIpc) is 2.98. The zero-order valence-corrected chi connectivity index (χ0v) is 21.9. The number of phenolic OH excluding ortho intramolecular Hbond substituents is 3. The largest absolute Gasteiger partial charge is 0.508 e. The highest BCUT2D eigenvalue weighted by molar-refractivity contribution is 6.01. The van der Waals surface area contributed by atoms with Gasteiger partial charge in [-0.25, -0.2) is 4.79 Å². The average molecular weight is 581 g/mol. The van der Waals surface area contributed by atoms with Gasteiger partial charge in [-0.15, -0.1) is 0 Å². The van der Waals surface area contributed by atoms with Gasteiger partial charge in [-0.2, -0.15) is 0 Å². The predicted octanol–water partition coefficient (Wildman–Crippen LogP) is 1.95. The summed E-state index contributed by atoms with van der Waals surface area (Å²) in [5.74, 6) is -1.93. The van der Waals surface area contributed by atoms with Gasteiger partial charge < -0.3 is 49.6 Å². The molecule has 0 saturated carbocycles. The van der Waals surface area contributed by atoms with E-state index in [2.05, 4.69) is 0 Å². The minimum atomic E-state index is -1.76. The molecule has 1 fully saturated rings. The van der Waals surface area contributed by atoms with Gasteiger partial charge in [0.2, 0.25) is 12.0 Å². The first-order chi connectivity index (χ1) is 20.1. The zero-order chi connectivity index (χ0) is 30.0. The van der Waals surface area contributed by atoms with Crippen molar-refractivity contribution in [1.29, 1.82) is 0 Å². The van der Waals surface area contributed by atoms with Crippen LogP contribution in [0.1, 0.15) is 34.0 Å². The predicted molar refractivity (Wildman–Crippen MR) is 144 cm³/mol. The van der Waals surface area contributed by atoms with Crippen LogP contribution in [0.5, 0.6) is 28.7 Å². The van der Waals surface area contributed by atoms with E-state index in [-0.39, 0.29) is 40.8 Å². The Kier molecular flexibility index (Phi) is 8.31. The fourth-order valence-corrected chi connectivity index (χ4v) is 4.56. The van der Waals surface area contributed by atoms with Gasteiger partial charge in [0.25, 0.3) is 0 Å². The molecule has 6 N–H and O–H groups in total. The topological polar surface area (TPSA) is 192 Å². The van der Waals surface area contributed by atoms with Crippen LogP contribution in [-0.2, 0) is 14.3 Å². The normalized spacial score (nSPS) is 25.5. The van der Waals surface area contributed by atoms with E-state index in [0.717, 1.165) is 6.08 Å². The molecule has 5 rings (SSSR count). The number of aromatic hydroxyl groups is 3. The molecule has 2 aliphatic rings. The monoisotopic (exact) mass is 580 g/mol. The fraction of sp³-hybridized carbons (Fsp3) is 0.267. The van der Waals surface area contributed by atoms with Gasteiger partial charge in [-0.1, -0.05) is 24.3 Å². The standard InChI is InChI=1S/C30H28O12/c31-17-6-1-15(2-7-17)3-12-24(34)39-14-23-25(35)27(37)28(38)30(42-23)41-21-11-10-19-20(33)13-22(40-29(19)26(21)36)16-4-8-18(32)9-5-16/h1-12,22-23,25,27-28,30-32,35-38H,13-14H2/t22-,23+,25+,27-,28-,30+/m0/s1. The lowest BCUT2D eigenvalue weighted by Gasteiger charge is -2.40. The number of hydrogen-bond acceptors (Lipinski definition) is 12. The lowest BCUT2D eigenvalue weighted by Crippen LogP contribution is -2.60. The molecule has 6 atom stereocenters. The number of hydrogen-bond donors (Lipinski definition) is 6. The van der Waals surface area contributed by atoms with Crippen molar-refractivity contribution in [1.82, 2.24) is 0 Å². The lowest BCUT2D eigenvalue weighted by molar-refractivity contribution is -0.278. The summed E-state index contributed by atoms with van der Waals surface area (Å²) in [6, 6.07) is 14.8. The number of ether oxygens (including phenoxy) is 4. The smallest absolute Gasteiger partial charge is 0.330 e. The summed E-state index contributed by atoms with van der Waals surface area (Å²) in [7, 11) is 0. The molecular formula is C30H28O12. The van der Waals surface area contributed by atoms with E-state index < -0.39 is 55.1 Å². The molecule has 0 aromatic heterocycles.